The van der Waals surface area contributed by atoms with Gasteiger partial charge in [-0.15, -0.1) is 16.4 Å². The van der Waals surface area contributed by atoms with Gasteiger partial charge in [-0.3, -0.25) is 0 Å². The van der Waals surface area contributed by atoms with E-state index in [1.165, 1.54) is 6.33 Å². The molecule has 0 aliphatic heterocycles. The Balaban J connectivity index is 1.67. The van der Waals surface area contributed by atoms with E-state index < -0.39 is 0 Å². The average molecular weight is 356 g/mol. The Morgan fingerprint density at radius 3 is 2.52 bits per heavy atom. The summed E-state index contributed by atoms with van der Waals surface area (Å²) in [7, 11) is 0. The third kappa shape index (κ3) is 4.21. The number of anilines is 1. The summed E-state index contributed by atoms with van der Waals surface area (Å²) in [6.45, 7) is 6.33. The molecule has 130 valence electrons. The highest BCUT2D eigenvalue weighted by Gasteiger charge is 2.28. The highest BCUT2D eigenvalue weighted by molar-refractivity contribution is 7.10. The Labute approximate surface area is 150 Å². The zero-order chi connectivity index (χ0) is 17.9. The summed E-state index contributed by atoms with van der Waals surface area (Å²) in [6, 6.07) is 11.1. The number of rotatable bonds is 4. The normalized spacial score (nSPS) is 12.6. The van der Waals surface area contributed by atoms with E-state index in [9.17, 15) is 4.79 Å². The molecule has 0 spiro atoms. The van der Waals surface area contributed by atoms with Gasteiger partial charge in [0.15, 0.2) is 0 Å². The van der Waals surface area contributed by atoms with Crippen LogP contribution < -0.4 is 10.6 Å². The number of thiophene rings is 1. The van der Waals surface area contributed by atoms with Gasteiger partial charge in [0.25, 0.3) is 0 Å². The third-order valence-electron chi connectivity index (χ3n) is 3.71. The average Bonchev–Trinajstić information content (AvgIpc) is 3.26. The molecule has 0 aliphatic rings. The maximum Gasteiger partial charge on any atom is 0.319 e. The molecule has 2 aromatic heterocycles. The van der Waals surface area contributed by atoms with Gasteiger partial charge in [-0.25, -0.2) is 9.48 Å². The van der Waals surface area contributed by atoms with Crippen LogP contribution in [0.4, 0.5) is 10.5 Å². The second-order valence-electron chi connectivity index (χ2n) is 6.71. The standard InChI is InChI=1S/C17H20N6OS/c1-17(2,3)15(14-5-4-10-25-14)20-16(24)19-12-6-8-13(9-7-12)23-11-18-21-22-23/h4-11,15H,1-3H3,(H2,19,20,24)/t15-/m1/s1. The summed E-state index contributed by atoms with van der Waals surface area (Å²) in [5.41, 5.74) is 1.43. The lowest BCUT2D eigenvalue weighted by molar-refractivity contribution is 0.230. The van der Waals surface area contributed by atoms with Crippen LogP contribution in [0.25, 0.3) is 5.69 Å². The number of amides is 2. The van der Waals surface area contributed by atoms with Crippen molar-refractivity contribution in [3.05, 3.63) is 53.0 Å². The van der Waals surface area contributed by atoms with Crippen molar-refractivity contribution in [2.24, 2.45) is 5.41 Å². The van der Waals surface area contributed by atoms with E-state index in [0.717, 1.165) is 10.6 Å². The van der Waals surface area contributed by atoms with Gasteiger partial charge < -0.3 is 10.6 Å². The third-order valence-corrected chi connectivity index (χ3v) is 4.65. The maximum absolute atomic E-state index is 12.4. The smallest absolute Gasteiger partial charge is 0.319 e. The predicted molar refractivity (Wildman–Crippen MR) is 97.8 cm³/mol. The van der Waals surface area contributed by atoms with Crippen LogP contribution in [0.15, 0.2) is 48.1 Å². The fraction of sp³-hybridized carbons (Fsp3) is 0.294. The first-order valence-electron chi connectivity index (χ1n) is 7.88. The second-order valence-corrected chi connectivity index (χ2v) is 7.69. The van der Waals surface area contributed by atoms with E-state index in [-0.39, 0.29) is 17.5 Å². The van der Waals surface area contributed by atoms with Gasteiger partial charge in [-0.05, 0) is 51.6 Å². The molecule has 0 fully saturated rings. The zero-order valence-corrected chi connectivity index (χ0v) is 15.1. The number of carbonyl (C=O) groups excluding carboxylic acids is 1. The molecule has 25 heavy (non-hydrogen) atoms. The number of tetrazole rings is 1. The van der Waals surface area contributed by atoms with Crippen molar-refractivity contribution in [2.45, 2.75) is 26.8 Å². The summed E-state index contributed by atoms with van der Waals surface area (Å²) in [5, 5.41) is 19.0. The molecule has 3 aromatic rings. The van der Waals surface area contributed by atoms with E-state index in [1.807, 2.05) is 41.8 Å². The molecule has 0 unspecified atom stereocenters. The molecule has 1 aromatic carbocycles. The molecule has 8 heteroatoms. The Bertz CT molecular complexity index is 806. The number of hydrogen-bond donors (Lipinski definition) is 2. The number of nitrogens with zero attached hydrogens (tertiary/aromatic N) is 4. The Hall–Kier alpha value is -2.74. The van der Waals surface area contributed by atoms with E-state index in [4.69, 9.17) is 0 Å². The number of nitrogens with one attached hydrogen (secondary N) is 2. The second kappa shape index (κ2) is 7.02. The first-order valence-corrected chi connectivity index (χ1v) is 8.76. The van der Waals surface area contributed by atoms with Crippen molar-refractivity contribution in [3.63, 3.8) is 0 Å². The minimum Gasteiger partial charge on any atom is -0.330 e. The predicted octanol–water partition coefficient (Wildman–Crippen LogP) is 3.63. The van der Waals surface area contributed by atoms with Crippen LogP contribution in [-0.4, -0.2) is 26.2 Å². The van der Waals surface area contributed by atoms with Gasteiger partial charge in [-0.1, -0.05) is 26.8 Å². The molecular formula is C17H20N6OS. The van der Waals surface area contributed by atoms with Crippen molar-refractivity contribution in [2.75, 3.05) is 5.32 Å². The van der Waals surface area contributed by atoms with E-state index in [1.54, 1.807) is 16.0 Å². The van der Waals surface area contributed by atoms with Gasteiger partial charge in [0.05, 0.1) is 11.7 Å². The van der Waals surface area contributed by atoms with Crippen LogP contribution in [0.2, 0.25) is 0 Å². The zero-order valence-electron chi connectivity index (χ0n) is 14.3. The van der Waals surface area contributed by atoms with E-state index >= 15 is 0 Å². The largest absolute Gasteiger partial charge is 0.330 e. The van der Waals surface area contributed by atoms with Crippen LogP contribution >= 0.6 is 11.3 Å². The molecule has 0 saturated heterocycles. The lowest BCUT2D eigenvalue weighted by Gasteiger charge is -2.30. The molecule has 2 amide bonds. The quantitative estimate of drug-likeness (QED) is 0.747. The number of benzene rings is 1. The minimum absolute atomic E-state index is 0.0620. The number of hydrogen-bond acceptors (Lipinski definition) is 5. The van der Waals surface area contributed by atoms with Gasteiger partial charge in [0.1, 0.15) is 6.33 Å². The van der Waals surface area contributed by atoms with Crippen LogP contribution in [0, 0.1) is 5.41 Å². The molecule has 7 nitrogen and oxygen atoms in total. The molecule has 1 atom stereocenters. The topological polar surface area (TPSA) is 84.7 Å². The van der Waals surface area contributed by atoms with Gasteiger partial charge in [-0.2, -0.15) is 0 Å². The van der Waals surface area contributed by atoms with E-state index in [0.29, 0.717) is 5.69 Å². The first-order chi connectivity index (χ1) is 11.9. The summed E-state index contributed by atoms with van der Waals surface area (Å²) in [6.07, 6.45) is 1.52. The SMILES string of the molecule is CC(C)(C)[C@H](NC(=O)Nc1ccc(-n2cnnn2)cc1)c1cccs1. The summed E-state index contributed by atoms with van der Waals surface area (Å²) >= 11 is 1.64. The highest BCUT2D eigenvalue weighted by Crippen LogP contribution is 2.35. The van der Waals surface area contributed by atoms with Gasteiger partial charge >= 0.3 is 6.03 Å². The number of carbonyl (C=O) groups is 1. The van der Waals surface area contributed by atoms with Crippen LogP contribution in [0.1, 0.15) is 31.7 Å². The molecule has 0 aliphatic carbocycles. The molecule has 2 N–H and O–H groups in total. The maximum atomic E-state index is 12.4. The molecule has 3 rings (SSSR count). The first kappa shape index (κ1) is 17.1. The number of urea groups is 1. The van der Waals surface area contributed by atoms with Gasteiger partial charge in [0, 0.05) is 10.6 Å². The Morgan fingerprint density at radius 1 is 1.20 bits per heavy atom. The summed E-state index contributed by atoms with van der Waals surface area (Å²) in [4.78, 5) is 13.6. The molecule has 0 saturated carbocycles. The van der Waals surface area contributed by atoms with Crippen LogP contribution in [0.3, 0.4) is 0 Å². The monoisotopic (exact) mass is 356 g/mol. The molecule has 0 radical (unpaired) electrons. The Kier molecular flexibility index (Phi) is 4.80. The summed E-state index contributed by atoms with van der Waals surface area (Å²) < 4.78 is 1.55. The van der Waals surface area contributed by atoms with Crippen molar-refractivity contribution >= 4 is 23.1 Å². The van der Waals surface area contributed by atoms with E-state index in [2.05, 4.69) is 46.9 Å². The fourth-order valence-electron chi connectivity index (χ4n) is 2.45. The summed E-state index contributed by atoms with van der Waals surface area (Å²) in [5.74, 6) is 0. The lowest BCUT2D eigenvalue weighted by atomic mass is 9.86. The van der Waals surface area contributed by atoms with Gasteiger partial charge in [0.2, 0.25) is 0 Å². The van der Waals surface area contributed by atoms with Crippen molar-refractivity contribution < 1.29 is 4.79 Å². The van der Waals surface area contributed by atoms with Crippen LogP contribution in [-0.2, 0) is 0 Å². The minimum atomic E-state index is -0.233. The fourth-order valence-corrected chi connectivity index (χ4v) is 3.47. The van der Waals surface area contributed by atoms with Crippen molar-refractivity contribution in [1.29, 1.82) is 0 Å². The molecular weight excluding hydrogens is 336 g/mol. The molecule has 0 bridgehead atoms. The lowest BCUT2D eigenvalue weighted by Crippen LogP contribution is -2.38. The Morgan fingerprint density at radius 2 is 1.96 bits per heavy atom. The highest BCUT2D eigenvalue weighted by atomic mass is 32.1. The van der Waals surface area contributed by atoms with Crippen molar-refractivity contribution in [3.8, 4) is 5.69 Å². The number of aromatic nitrogens is 4. The van der Waals surface area contributed by atoms with Crippen LogP contribution in [0.5, 0.6) is 0 Å². The van der Waals surface area contributed by atoms with Crippen molar-refractivity contribution in [1.82, 2.24) is 25.5 Å². The molecule has 2 heterocycles.